The lowest BCUT2D eigenvalue weighted by Crippen LogP contribution is -2.20. The number of benzene rings is 2. The quantitative estimate of drug-likeness (QED) is 0.796. The molecule has 0 aliphatic rings. The van der Waals surface area contributed by atoms with E-state index in [1.807, 2.05) is 57.2 Å². The fourth-order valence-corrected chi connectivity index (χ4v) is 2.76. The van der Waals surface area contributed by atoms with Crippen molar-refractivity contribution < 1.29 is 4.79 Å². The van der Waals surface area contributed by atoms with Crippen molar-refractivity contribution in [3.63, 3.8) is 0 Å². The lowest BCUT2D eigenvalue weighted by Gasteiger charge is -2.12. The zero-order valence-corrected chi connectivity index (χ0v) is 13.3. The van der Waals surface area contributed by atoms with Crippen LogP contribution >= 0.6 is 15.9 Å². The Balaban J connectivity index is 2.10. The maximum absolute atomic E-state index is 12.0. The summed E-state index contributed by atoms with van der Waals surface area (Å²) in [4.78, 5) is 12.0. The van der Waals surface area contributed by atoms with Gasteiger partial charge in [0, 0.05) is 10.2 Å². The number of urea groups is 1. The molecule has 2 N–H and O–H groups in total. The summed E-state index contributed by atoms with van der Waals surface area (Å²) >= 11 is 3.48. The number of anilines is 2. The number of hydrogen-bond donors (Lipinski definition) is 2. The summed E-state index contributed by atoms with van der Waals surface area (Å²) < 4.78 is 0.883. The molecule has 0 unspecified atom stereocenters. The number of aryl methyl sites for hydroxylation is 3. The van der Waals surface area contributed by atoms with Gasteiger partial charge in [0.15, 0.2) is 0 Å². The molecule has 0 aliphatic carbocycles. The Morgan fingerprint density at radius 2 is 1.60 bits per heavy atom. The molecule has 0 aromatic heterocycles. The first kappa shape index (κ1) is 14.6. The van der Waals surface area contributed by atoms with Gasteiger partial charge in [-0.1, -0.05) is 23.8 Å². The fraction of sp³-hybridized carbons (Fsp3) is 0.188. The highest BCUT2D eigenvalue weighted by molar-refractivity contribution is 9.10. The van der Waals surface area contributed by atoms with Gasteiger partial charge in [0.25, 0.3) is 0 Å². The van der Waals surface area contributed by atoms with Crippen molar-refractivity contribution in [2.75, 3.05) is 10.6 Å². The maximum atomic E-state index is 12.0. The molecule has 0 radical (unpaired) electrons. The standard InChI is InChI=1S/C16H17BrN2O/c1-10-4-6-13(7-5-10)18-16(20)19-15-12(3)8-11(2)9-14(15)17/h4-9H,1-3H3,(H2,18,19,20). The Kier molecular flexibility index (Phi) is 4.45. The number of rotatable bonds is 2. The lowest BCUT2D eigenvalue weighted by atomic mass is 10.1. The molecule has 2 rings (SSSR count). The van der Waals surface area contributed by atoms with E-state index in [1.165, 1.54) is 0 Å². The van der Waals surface area contributed by atoms with Gasteiger partial charge in [0.1, 0.15) is 0 Å². The monoisotopic (exact) mass is 332 g/mol. The molecule has 0 fully saturated rings. The highest BCUT2D eigenvalue weighted by Gasteiger charge is 2.09. The normalized spacial score (nSPS) is 10.2. The first-order chi connectivity index (χ1) is 9.45. The van der Waals surface area contributed by atoms with Gasteiger partial charge in [-0.05, 0) is 66.0 Å². The third-order valence-electron chi connectivity index (χ3n) is 2.98. The van der Waals surface area contributed by atoms with Crippen molar-refractivity contribution in [3.05, 3.63) is 57.6 Å². The molecule has 4 heteroatoms. The molecule has 0 heterocycles. The van der Waals surface area contributed by atoms with E-state index < -0.39 is 0 Å². The van der Waals surface area contributed by atoms with Gasteiger partial charge in [-0.25, -0.2) is 4.79 Å². The van der Waals surface area contributed by atoms with Gasteiger partial charge >= 0.3 is 6.03 Å². The van der Waals surface area contributed by atoms with Crippen molar-refractivity contribution >= 4 is 33.3 Å². The molecule has 2 aromatic carbocycles. The van der Waals surface area contributed by atoms with E-state index in [4.69, 9.17) is 0 Å². The minimum atomic E-state index is -0.249. The van der Waals surface area contributed by atoms with E-state index in [-0.39, 0.29) is 6.03 Å². The summed E-state index contributed by atoms with van der Waals surface area (Å²) in [6.45, 7) is 6.00. The van der Waals surface area contributed by atoms with Crippen molar-refractivity contribution in [2.24, 2.45) is 0 Å². The summed E-state index contributed by atoms with van der Waals surface area (Å²) in [5.74, 6) is 0. The Morgan fingerprint density at radius 1 is 0.950 bits per heavy atom. The van der Waals surface area contributed by atoms with Crippen LogP contribution in [0.5, 0.6) is 0 Å². The van der Waals surface area contributed by atoms with Crippen molar-refractivity contribution in [3.8, 4) is 0 Å². The fourth-order valence-electron chi connectivity index (χ4n) is 1.99. The van der Waals surface area contributed by atoms with E-state index in [9.17, 15) is 4.79 Å². The third-order valence-corrected chi connectivity index (χ3v) is 3.61. The second-order valence-electron chi connectivity index (χ2n) is 4.88. The van der Waals surface area contributed by atoms with Crippen LogP contribution < -0.4 is 10.6 Å². The molecule has 0 saturated carbocycles. The minimum Gasteiger partial charge on any atom is -0.308 e. The highest BCUT2D eigenvalue weighted by Crippen LogP contribution is 2.27. The number of carbonyl (C=O) groups is 1. The second-order valence-corrected chi connectivity index (χ2v) is 5.74. The average molecular weight is 333 g/mol. The van der Waals surface area contributed by atoms with Crippen LogP contribution in [0.2, 0.25) is 0 Å². The number of halogens is 1. The topological polar surface area (TPSA) is 41.1 Å². The molecule has 2 amide bonds. The highest BCUT2D eigenvalue weighted by atomic mass is 79.9. The zero-order chi connectivity index (χ0) is 14.7. The average Bonchev–Trinajstić information content (AvgIpc) is 2.36. The minimum absolute atomic E-state index is 0.249. The van der Waals surface area contributed by atoms with E-state index in [0.717, 1.165) is 32.5 Å². The number of carbonyl (C=O) groups excluding carboxylic acids is 1. The Hall–Kier alpha value is -1.81. The predicted octanol–water partition coefficient (Wildman–Crippen LogP) is 5.02. The van der Waals surface area contributed by atoms with Gasteiger partial charge < -0.3 is 10.6 Å². The maximum Gasteiger partial charge on any atom is 0.323 e. The summed E-state index contributed by atoms with van der Waals surface area (Å²) in [7, 11) is 0. The summed E-state index contributed by atoms with van der Waals surface area (Å²) in [5.41, 5.74) is 4.90. The number of hydrogen-bond acceptors (Lipinski definition) is 1. The molecule has 2 aromatic rings. The van der Waals surface area contributed by atoms with Crippen molar-refractivity contribution in [1.29, 1.82) is 0 Å². The first-order valence-electron chi connectivity index (χ1n) is 6.37. The number of amides is 2. The van der Waals surface area contributed by atoms with Crippen LogP contribution in [0.1, 0.15) is 16.7 Å². The van der Waals surface area contributed by atoms with Crippen molar-refractivity contribution in [2.45, 2.75) is 20.8 Å². The Bertz CT molecular complexity index is 612. The molecule has 0 bridgehead atoms. The van der Waals surface area contributed by atoms with E-state index in [1.54, 1.807) is 0 Å². The van der Waals surface area contributed by atoms with Crippen LogP contribution in [0.3, 0.4) is 0 Å². The summed E-state index contributed by atoms with van der Waals surface area (Å²) in [6.07, 6.45) is 0. The predicted molar refractivity (Wildman–Crippen MR) is 87.4 cm³/mol. The van der Waals surface area contributed by atoms with Crippen LogP contribution in [0.15, 0.2) is 40.9 Å². The van der Waals surface area contributed by atoms with E-state index in [0.29, 0.717) is 0 Å². The summed E-state index contributed by atoms with van der Waals surface area (Å²) in [5, 5.41) is 5.69. The molecular formula is C16H17BrN2O. The van der Waals surface area contributed by atoms with Gasteiger partial charge in [-0.3, -0.25) is 0 Å². The molecule has 0 spiro atoms. The Labute approximate surface area is 127 Å². The van der Waals surface area contributed by atoms with Crippen LogP contribution in [0, 0.1) is 20.8 Å². The van der Waals surface area contributed by atoms with Crippen molar-refractivity contribution in [1.82, 2.24) is 0 Å². The second kappa shape index (κ2) is 6.09. The first-order valence-corrected chi connectivity index (χ1v) is 7.16. The Morgan fingerprint density at radius 3 is 2.20 bits per heavy atom. The molecule has 0 saturated heterocycles. The molecule has 20 heavy (non-hydrogen) atoms. The van der Waals surface area contributed by atoms with Gasteiger partial charge in [-0.15, -0.1) is 0 Å². The molecule has 0 aliphatic heterocycles. The molecule has 0 atom stereocenters. The largest absolute Gasteiger partial charge is 0.323 e. The zero-order valence-electron chi connectivity index (χ0n) is 11.8. The molecule has 104 valence electrons. The van der Waals surface area contributed by atoms with Crippen LogP contribution in [0.25, 0.3) is 0 Å². The van der Waals surface area contributed by atoms with Gasteiger partial charge in [0.05, 0.1) is 5.69 Å². The van der Waals surface area contributed by atoms with Crippen LogP contribution in [0.4, 0.5) is 16.2 Å². The number of nitrogens with one attached hydrogen (secondary N) is 2. The van der Waals surface area contributed by atoms with Gasteiger partial charge in [0.2, 0.25) is 0 Å². The molecule has 3 nitrogen and oxygen atoms in total. The van der Waals surface area contributed by atoms with Crippen LogP contribution in [-0.4, -0.2) is 6.03 Å². The SMILES string of the molecule is Cc1ccc(NC(=O)Nc2c(C)cc(C)cc2Br)cc1. The molecular weight excluding hydrogens is 316 g/mol. The lowest BCUT2D eigenvalue weighted by molar-refractivity contribution is 0.262. The van der Waals surface area contributed by atoms with Gasteiger partial charge in [-0.2, -0.15) is 0 Å². The van der Waals surface area contributed by atoms with E-state index in [2.05, 4.69) is 26.6 Å². The summed E-state index contributed by atoms with van der Waals surface area (Å²) in [6, 6.07) is 11.4. The smallest absolute Gasteiger partial charge is 0.308 e. The third kappa shape index (κ3) is 3.61. The van der Waals surface area contributed by atoms with Crippen LogP contribution in [-0.2, 0) is 0 Å². The van der Waals surface area contributed by atoms with E-state index >= 15 is 0 Å².